The molecule has 1 heterocycles. The molecule has 17 heavy (non-hydrogen) atoms. The fraction of sp³-hybridized carbons (Fsp3) is 0.583. The zero-order valence-corrected chi connectivity index (χ0v) is 11.3. The second kappa shape index (κ2) is 8.98. The third-order valence-corrected chi connectivity index (χ3v) is 2.74. The van der Waals surface area contributed by atoms with E-state index < -0.39 is 0 Å². The highest BCUT2D eigenvalue weighted by Gasteiger charge is 1.98. The second-order valence-electron chi connectivity index (χ2n) is 3.51. The average Bonchev–Trinajstić information content (AvgIpc) is 2.82. The van der Waals surface area contributed by atoms with Gasteiger partial charge in [-0.15, -0.1) is 0 Å². The van der Waals surface area contributed by atoms with Crippen LogP contribution in [0.25, 0.3) is 0 Å². The Balaban J connectivity index is 2.25. The first-order valence-electron chi connectivity index (χ1n) is 5.90. The number of nitrogens with zero attached hydrogens (tertiary/aromatic N) is 1. The molecule has 1 rings (SSSR count). The van der Waals surface area contributed by atoms with Gasteiger partial charge in [0.25, 0.3) is 0 Å². The maximum absolute atomic E-state index is 5.27. The third-order valence-electron chi connectivity index (χ3n) is 2.15. The van der Waals surface area contributed by atoms with E-state index in [0.717, 1.165) is 43.5 Å². The highest BCUT2D eigenvalue weighted by molar-refractivity contribution is 7.98. The van der Waals surface area contributed by atoms with Crippen LogP contribution in [0.1, 0.15) is 12.7 Å². The van der Waals surface area contributed by atoms with Crippen molar-refractivity contribution in [3.63, 3.8) is 0 Å². The van der Waals surface area contributed by atoms with E-state index in [1.807, 2.05) is 12.1 Å². The third kappa shape index (κ3) is 6.26. The summed E-state index contributed by atoms with van der Waals surface area (Å²) in [6, 6.07) is 3.90. The molecule has 0 saturated carbocycles. The first kappa shape index (κ1) is 14.0. The van der Waals surface area contributed by atoms with E-state index >= 15 is 0 Å². The van der Waals surface area contributed by atoms with Crippen LogP contribution in [0.4, 0.5) is 0 Å². The second-order valence-corrected chi connectivity index (χ2v) is 4.50. The molecular formula is C12H21N3OS. The molecule has 0 amide bonds. The van der Waals surface area contributed by atoms with Crippen molar-refractivity contribution >= 4 is 17.7 Å². The fourth-order valence-corrected chi connectivity index (χ4v) is 1.62. The summed E-state index contributed by atoms with van der Waals surface area (Å²) in [7, 11) is 0. The molecule has 0 fully saturated rings. The van der Waals surface area contributed by atoms with Gasteiger partial charge in [-0.05, 0) is 25.3 Å². The first-order chi connectivity index (χ1) is 8.36. The fourth-order valence-electron chi connectivity index (χ4n) is 1.35. The summed E-state index contributed by atoms with van der Waals surface area (Å²) in [6.07, 6.45) is 4.67. The van der Waals surface area contributed by atoms with Gasteiger partial charge >= 0.3 is 0 Å². The molecule has 0 atom stereocenters. The lowest BCUT2D eigenvalue weighted by Gasteiger charge is -2.10. The van der Waals surface area contributed by atoms with Gasteiger partial charge in [0.2, 0.25) is 0 Å². The first-order valence-corrected chi connectivity index (χ1v) is 7.29. The minimum absolute atomic E-state index is 0.832. The maximum atomic E-state index is 5.27. The zero-order chi connectivity index (χ0) is 12.3. The van der Waals surface area contributed by atoms with E-state index in [4.69, 9.17) is 4.42 Å². The maximum Gasteiger partial charge on any atom is 0.191 e. The number of rotatable bonds is 7. The number of guanidine groups is 1. The highest BCUT2D eigenvalue weighted by atomic mass is 32.2. The Morgan fingerprint density at radius 1 is 1.47 bits per heavy atom. The van der Waals surface area contributed by atoms with E-state index in [1.54, 1.807) is 18.0 Å². The van der Waals surface area contributed by atoms with Crippen molar-refractivity contribution in [2.45, 2.75) is 13.3 Å². The standard InChI is InChI=1S/C12H21N3OS/c1-3-13-12(15-8-10-17-2)14-7-6-11-5-4-9-16-11/h4-5,9H,3,6-8,10H2,1-2H3,(H2,13,14,15). The van der Waals surface area contributed by atoms with Gasteiger partial charge in [0, 0.05) is 25.3 Å². The van der Waals surface area contributed by atoms with E-state index in [-0.39, 0.29) is 0 Å². The molecule has 2 N–H and O–H groups in total. The van der Waals surface area contributed by atoms with Crippen LogP contribution >= 0.6 is 11.8 Å². The van der Waals surface area contributed by atoms with Gasteiger partial charge in [0.05, 0.1) is 12.8 Å². The molecule has 0 aromatic carbocycles. The Morgan fingerprint density at radius 3 is 3.00 bits per heavy atom. The summed E-state index contributed by atoms with van der Waals surface area (Å²) in [6.45, 7) is 4.63. The molecule has 0 aliphatic carbocycles. The van der Waals surface area contributed by atoms with Gasteiger partial charge in [-0.3, -0.25) is 4.99 Å². The van der Waals surface area contributed by atoms with E-state index in [1.165, 1.54) is 0 Å². The zero-order valence-electron chi connectivity index (χ0n) is 10.5. The number of thioether (sulfide) groups is 1. The van der Waals surface area contributed by atoms with Gasteiger partial charge in [0.1, 0.15) is 5.76 Å². The normalized spacial score (nSPS) is 11.5. The monoisotopic (exact) mass is 255 g/mol. The van der Waals surface area contributed by atoms with Crippen molar-refractivity contribution in [2.75, 3.05) is 31.6 Å². The molecule has 0 aliphatic rings. The Kier molecular flexibility index (Phi) is 7.38. The van der Waals surface area contributed by atoms with Gasteiger partial charge in [0.15, 0.2) is 5.96 Å². The average molecular weight is 255 g/mol. The summed E-state index contributed by atoms with van der Waals surface area (Å²) >= 11 is 1.81. The van der Waals surface area contributed by atoms with Crippen molar-refractivity contribution in [1.82, 2.24) is 10.6 Å². The van der Waals surface area contributed by atoms with Crippen molar-refractivity contribution in [2.24, 2.45) is 4.99 Å². The van der Waals surface area contributed by atoms with Crippen molar-refractivity contribution in [3.05, 3.63) is 24.2 Å². The molecule has 1 aromatic rings. The lowest BCUT2D eigenvalue weighted by Crippen LogP contribution is -2.38. The predicted molar refractivity (Wildman–Crippen MR) is 74.8 cm³/mol. The lowest BCUT2D eigenvalue weighted by atomic mass is 10.3. The van der Waals surface area contributed by atoms with Crippen LogP contribution < -0.4 is 10.6 Å². The van der Waals surface area contributed by atoms with Gasteiger partial charge in [-0.25, -0.2) is 0 Å². The van der Waals surface area contributed by atoms with E-state index in [0.29, 0.717) is 0 Å². The number of furan rings is 1. The molecule has 1 aromatic heterocycles. The quantitative estimate of drug-likeness (QED) is 0.443. The van der Waals surface area contributed by atoms with Crippen molar-refractivity contribution in [3.8, 4) is 0 Å². The Hall–Kier alpha value is -1.10. The van der Waals surface area contributed by atoms with E-state index in [2.05, 4.69) is 28.8 Å². The summed E-state index contributed by atoms with van der Waals surface area (Å²) in [4.78, 5) is 4.47. The minimum atomic E-state index is 0.832. The molecule has 5 heteroatoms. The van der Waals surface area contributed by atoms with Crippen LogP contribution in [0.3, 0.4) is 0 Å². The Labute approximate surface area is 107 Å². The van der Waals surface area contributed by atoms with Crippen molar-refractivity contribution < 1.29 is 4.42 Å². The molecule has 0 aliphatic heterocycles. The molecule has 0 unspecified atom stereocenters. The largest absolute Gasteiger partial charge is 0.469 e. The summed E-state index contributed by atoms with van der Waals surface area (Å²) in [5.74, 6) is 2.93. The number of hydrogen-bond acceptors (Lipinski definition) is 3. The minimum Gasteiger partial charge on any atom is -0.469 e. The topological polar surface area (TPSA) is 49.6 Å². The van der Waals surface area contributed by atoms with Crippen LogP contribution in [0, 0.1) is 0 Å². The number of hydrogen-bond donors (Lipinski definition) is 2. The van der Waals surface area contributed by atoms with Crippen LogP contribution in [-0.2, 0) is 6.42 Å². The smallest absolute Gasteiger partial charge is 0.191 e. The SMILES string of the molecule is CCNC(=NCCSC)NCCc1ccco1. The molecule has 4 nitrogen and oxygen atoms in total. The van der Waals surface area contributed by atoms with Crippen LogP contribution in [0.2, 0.25) is 0 Å². The molecule has 0 saturated heterocycles. The molecule has 0 bridgehead atoms. The molecular weight excluding hydrogens is 234 g/mol. The Morgan fingerprint density at radius 2 is 2.35 bits per heavy atom. The van der Waals surface area contributed by atoms with E-state index in [9.17, 15) is 0 Å². The van der Waals surface area contributed by atoms with Crippen LogP contribution in [-0.4, -0.2) is 37.6 Å². The highest BCUT2D eigenvalue weighted by Crippen LogP contribution is 1.99. The predicted octanol–water partition coefficient (Wildman–Crippen LogP) is 1.74. The molecule has 0 spiro atoms. The number of nitrogens with one attached hydrogen (secondary N) is 2. The van der Waals surface area contributed by atoms with Gasteiger partial charge in [-0.1, -0.05) is 0 Å². The van der Waals surface area contributed by atoms with Gasteiger partial charge in [-0.2, -0.15) is 11.8 Å². The molecule has 0 radical (unpaired) electrons. The van der Waals surface area contributed by atoms with Crippen molar-refractivity contribution in [1.29, 1.82) is 0 Å². The number of aliphatic imine (C=N–C) groups is 1. The summed E-state index contributed by atoms with van der Waals surface area (Å²) < 4.78 is 5.27. The summed E-state index contributed by atoms with van der Waals surface area (Å²) in [5.41, 5.74) is 0. The lowest BCUT2D eigenvalue weighted by molar-refractivity contribution is 0.507. The van der Waals surface area contributed by atoms with Gasteiger partial charge < -0.3 is 15.1 Å². The summed E-state index contributed by atoms with van der Waals surface area (Å²) in [5, 5.41) is 6.51. The Bertz CT molecular complexity index is 312. The van der Waals surface area contributed by atoms with Crippen LogP contribution in [0.5, 0.6) is 0 Å². The van der Waals surface area contributed by atoms with Crippen LogP contribution in [0.15, 0.2) is 27.8 Å². The molecule has 96 valence electrons.